The van der Waals surface area contributed by atoms with Gasteiger partial charge in [0.05, 0.1) is 0 Å². The van der Waals surface area contributed by atoms with Crippen LogP contribution < -0.4 is 5.73 Å². The monoisotopic (exact) mass is 246 g/mol. The Morgan fingerprint density at radius 3 is 2.72 bits per heavy atom. The Morgan fingerprint density at radius 2 is 2.00 bits per heavy atom. The average Bonchev–Trinajstić information content (AvgIpc) is 2.62. The summed E-state index contributed by atoms with van der Waals surface area (Å²) in [7, 11) is 0. The first-order chi connectivity index (χ1) is 8.81. The maximum atomic E-state index is 5.98. The van der Waals surface area contributed by atoms with E-state index in [0.29, 0.717) is 12.0 Å². The molecule has 2 unspecified atom stereocenters. The molecule has 2 rings (SSSR count). The molecule has 0 amide bonds. The van der Waals surface area contributed by atoms with Crippen LogP contribution in [0.4, 0.5) is 0 Å². The first-order valence-corrected chi connectivity index (χ1v) is 7.30. The summed E-state index contributed by atoms with van der Waals surface area (Å²) in [4.78, 5) is 2.64. The quantitative estimate of drug-likeness (QED) is 0.885. The zero-order valence-corrected chi connectivity index (χ0v) is 11.5. The summed E-state index contributed by atoms with van der Waals surface area (Å²) in [6.45, 7) is 5.46. The summed E-state index contributed by atoms with van der Waals surface area (Å²) < 4.78 is 0. The van der Waals surface area contributed by atoms with Gasteiger partial charge in [0.25, 0.3) is 0 Å². The van der Waals surface area contributed by atoms with Gasteiger partial charge in [0, 0.05) is 25.0 Å². The van der Waals surface area contributed by atoms with Crippen molar-refractivity contribution in [1.29, 1.82) is 0 Å². The van der Waals surface area contributed by atoms with Gasteiger partial charge in [-0.25, -0.2) is 0 Å². The van der Waals surface area contributed by atoms with Crippen molar-refractivity contribution in [1.82, 2.24) is 4.90 Å². The van der Waals surface area contributed by atoms with Gasteiger partial charge in [-0.2, -0.15) is 0 Å². The predicted octanol–water partition coefficient (Wildman–Crippen LogP) is 2.99. The van der Waals surface area contributed by atoms with E-state index in [4.69, 9.17) is 5.73 Å². The van der Waals surface area contributed by atoms with Gasteiger partial charge in [0.1, 0.15) is 0 Å². The molecule has 1 aromatic rings. The SMILES string of the molecule is CC1CCCCCN1CC(CN)c1ccccc1. The lowest BCUT2D eigenvalue weighted by molar-refractivity contribution is 0.201. The van der Waals surface area contributed by atoms with Gasteiger partial charge in [0.2, 0.25) is 0 Å². The fourth-order valence-corrected chi connectivity index (χ4v) is 2.93. The van der Waals surface area contributed by atoms with Gasteiger partial charge < -0.3 is 10.6 Å². The molecule has 1 heterocycles. The maximum Gasteiger partial charge on any atom is 0.00889 e. The van der Waals surface area contributed by atoms with E-state index in [9.17, 15) is 0 Å². The van der Waals surface area contributed by atoms with Crippen LogP contribution in [-0.2, 0) is 0 Å². The van der Waals surface area contributed by atoms with Crippen LogP contribution in [0.3, 0.4) is 0 Å². The Morgan fingerprint density at radius 1 is 1.22 bits per heavy atom. The van der Waals surface area contributed by atoms with E-state index in [1.54, 1.807) is 0 Å². The predicted molar refractivity (Wildman–Crippen MR) is 77.7 cm³/mol. The lowest BCUT2D eigenvalue weighted by Crippen LogP contribution is -2.37. The smallest absolute Gasteiger partial charge is 0.00889 e. The van der Waals surface area contributed by atoms with Crippen LogP contribution >= 0.6 is 0 Å². The normalized spacial score (nSPS) is 23.6. The Labute approximate surface area is 111 Å². The lowest BCUT2D eigenvalue weighted by atomic mass is 9.98. The maximum absolute atomic E-state index is 5.98. The molecule has 0 bridgehead atoms. The molecule has 100 valence electrons. The summed E-state index contributed by atoms with van der Waals surface area (Å²) in [5, 5.41) is 0. The molecule has 1 saturated heterocycles. The second-order valence-electron chi connectivity index (χ2n) is 5.54. The van der Waals surface area contributed by atoms with E-state index < -0.39 is 0 Å². The van der Waals surface area contributed by atoms with Crippen molar-refractivity contribution >= 4 is 0 Å². The Kier molecular flexibility index (Phi) is 5.21. The average molecular weight is 246 g/mol. The van der Waals surface area contributed by atoms with Gasteiger partial charge in [-0.3, -0.25) is 0 Å². The molecule has 0 saturated carbocycles. The van der Waals surface area contributed by atoms with E-state index in [2.05, 4.69) is 42.2 Å². The van der Waals surface area contributed by atoms with Crippen molar-refractivity contribution in [2.45, 2.75) is 44.6 Å². The van der Waals surface area contributed by atoms with Crippen molar-refractivity contribution in [3.05, 3.63) is 35.9 Å². The third-order valence-electron chi connectivity index (χ3n) is 4.20. The second kappa shape index (κ2) is 6.91. The first kappa shape index (κ1) is 13.6. The number of nitrogens with zero attached hydrogens (tertiary/aromatic N) is 1. The Balaban J connectivity index is 2.01. The summed E-state index contributed by atoms with van der Waals surface area (Å²) in [5.74, 6) is 0.478. The molecule has 2 nitrogen and oxygen atoms in total. The van der Waals surface area contributed by atoms with E-state index in [-0.39, 0.29) is 0 Å². The summed E-state index contributed by atoms with van der Waals surface area (Å²) in [5.41, 5.74) is 7.37. The van der Waals surface area contributed by atoms with Gasteiger partial charge >= 0.3 is 0 Å². The van der Waals surface area contributed by atoms with Crippen LogP contribution in [0.2, 0.25) is 0 Å². The van der Waals surface area contributed by atoms with E-state index >= 15 is 0 Å². The zero-order valence-electron chi connectivity index (χ0n) is 11.5. The number of likely N-dealkylation sites (tertiary alicyclic amines) is 1. The first-order valence-electron chi connectivity index (χ1n) is 7.30. The summed E-state index contributed by atoms with van der Waals surface area (Å²) in [6, 6.07) is 11.4. The third kappa shape index (κ3) is 3.56. The van der Waals surface area contributed by atoms with Crippen LogP contribution in [-0.4, -0.2) is 30.6 Å². The molecule has 18 heavy (non-hydrogen) atoms. The second-order valence-corrected chi connectivity index (χ2v) is 5.54. The highest BCUT2D eigenvalue weighted by Crippen LogP contribution is 2.21. The molecular formula is C16H26N2. The van der Waals surface area contributed by atoms with Gasteiger partial charge in [-0.05, 0) is 31.9 Å². The van der Waals surface area contributed by atoms with Crippen molar-refractivity contribution < 1.29 is 0 Å². The molecule has 1 fully saturated rings. The van der Waals surface area contributed by atoms with E-state index in [0.717, 1.165) is 13.1 Å². The highest BCUT2D eigenvalue weighted by Gasteiger charge is 2.20. The van der Waals surface area contributed by atoms with Crippen LogP contribution in [0.25, 0.3) is 0 Å². The summed E-state index contributed by atoms with van der Waals surface area (Å²) in [6.07, 6.45) is 5.46. The molecule has 0 spiro atoms. The topological polar surface area (TPSA) is 29.3 Å². The van der Waals surface area contributed by atoms with E-state index in [1.165, 1.54) is 37.8 Å². The molecule has 1 aliphatic heterocycles. The number of hydrogen-bond donors (Lipinski definition) is 1. The molecule has 1 aromatic carbocycles. The van der Waals surface area contributed by atoms with Crippen LogP contribution in [0.15, 0.2) is 30.3 Å². The van der Waals surface area contributed by atoms with Gasteiger partial charge in [-0.1, -0.05) is 43.2 Å². The highest BCUT2D eigenvalue weighted by molar-refractivity contribution is 5.20. The Hall–Kier alpha value is -0.860. The van der Waals surface area contributed by atoms with Crippen molar-refractivity contribution in [3.8, 4) is 0 Å². The molecule has 1 aliphatic rings. The molecule has 2 N–H and O–H groups in total. The highest BCUT2D eigenvalue weighted by atomic mass is 15.2. The van der Waals surface area contributed by atoms with Gasteiger partial charge in [0.15, 0.2) is 0 Å². The number of nitrogens with two attached hydrogens (primary N) is 1. The number of benzene rings is 1. The van der Waals surface area contributed by atoms with Crippen LogP contribution in [0.1, 0.15) is 44.1 Å². The molecule has 0 radical (unpaired) electrons. The molecule has 0 aliphatic carbocycles. The Bertz CT molecular complexity index is 336. The zero-order chi connectivity index (χ0) is 12.8. The fourth-order valence-electron chi connectivity index (χ4n) is 2.93. The molecule has 0 aromatic heterocycles. The van der Waals surface area contributed by atoms with Gasteiger partial charge in [-0.15, -0.1) is 0 Å². The van der Waals surface area contributed by atoms with Crippen LogP contribution in [0.5, 0.6) is 0 Å². The summed E-state index contributed by atoms with van der Waals surface area (Å²) >= 11 is 0. The van der Waals surface area contributed by atoms with E-state index in [1.807, 2.05) is 0 Å². The molecule has 2 heteroatoms. The minimum Gasteiger partial charge on any atom is -0.330 e. The van der Waals surface area contributed by atoms with Crippen LogP contribution in [0, 0.1) is 0 Å². The fraction of sp³-hybridized carbons (Fsp3) is 0.625. The third-order valence-corrected chi connectivity index (χ3v) is 4.20. The minimum atomic E-state index is 0.478. The standard InChI is InChI=1S/C16H26N2/c1-14-8-4-3-7-11-18(14)13-16(12-17)15-9-5-2-6-10-15/h2,5-6,9-10,14,16H,3-4,7-8,11-13,17H2,1H3. The number of rotatable bonds is 4. The van der Waals surface area contributed by atoms with Crippen molar-refractivity contribution in [3.63, 3.8) is 0 Å². The number of hydrogen-bond acceptors (Lipinski definition) is 2. The van der Waals surface area contributed by atoms with Crippen molar-refractivity contribution in [2.24, 2.45) is 5.73 Å². The largest absolute Gasteiger partial charge is 0.330 e. The molecule has 2 atom stereocenters. The minimum absolute atomic E-state index is 0.478. The molecular weight excluding hydrogens is 220 g/mol. The lowest BCUT2D eigenvalue weighted by Gasteiger charge is -2.30. The van der Waals surface area contributed by atoms with Crippen molar-refractivity contribution in [2.75, 3.05) is 19.6 Å².